The van der Waals surface area contributed by atoms with E-state index in [9.17, 15) is 13.2 Å². The molecule has 1 aliphatic rings. The van der Waals surface area contributed by atoms with E-state index in [0.29, 0.717) is 11.5 Å². The van der Waals surface area contributed by atoms with Crippen molar-refractivity contribution in [3.8, 4) is 11.5 Å². The molecule has 1 amide bonds. The summed E-state index contributed by atoms with van der Waals surface area (Å²) in [6, 6.07) is 5.20. The Balaban J connectivity index is 1.99. The van der Waals surface area contributed by atoms with Crippen LogP contribution in [0.2, 0.25) is 0 Å². The van der Waals surface area contributed by atoms with Gasteiger partial charge in [-0.25, -0.2) is 13.1 Å². The van der Waals surface area contributed by atoms with E-state index in [4.69, 9.17) is 9.47 Å². The highest BCUT2D eigenvalue weighted by molar-refractivity contribution is 7.90. The molecule has 1 aromatic rings. The topological polar surface area (TPSA) is 81.7 Å². The quantitative estimate of drug-likeness (QED) is 0.834. The van der Waals surface area contributed by atoms with Gasteiger partial charge in [-0.15, -0.1) is 0 Å². The number of hydrogen-bond acceptors (Lipinski definition) is 5. The van der Waals surface area contributed by atoms with Crippen molar-refractivity contribution >= 4 is 22.0 Å². The minimum atomic E-state index is -3.59. The smallest absolute Gasteiger partial charge is 0.257 e. The minimum Gasteiger partial charge on any atom is -0.454 e. The molecule has 0 spiro atoms. The first-order valence-corrected chi connectivity index (χ1v) is 8.13. The van der Waals surface area contributed by atoms with Crippen molar-refractivity contribution < 1.29 is 22.7 Å². The number of ether oxygens (including phenoxy) is 2. The zero-order chi connectivity index (χ0) is 15.5. The number of benzene rings is 1. The summed E-state index contributed by atoms with van der Waals surface area (Å²) in [5, 5.41) is 0. The Morgan fingerprint density at radius 2 is 2.05 bits per heavy atom. The van der Waals surface area contributed by atoms with Crippen LogP contribution in [-0.4, -0.2) is 26.9 Å². The van der Waals surface area contributed by atoms with Gasteiger partial charge in [0.2, 0.25) is 16.8 Å². The molecule has 0 atom stereocenters. The second-order valence-corrected chi connectivity index (χ2v) is 6.85. The predicted molar refractivity (Wildman–Crippen MR) is 78.4 cm³/mol. The Morgan fingerprint density at radius 3 is 2.76 bits per heavy atom. The van der Waals surface area contributed by atoms with Crippen LogP contribution in [0.25, 0.3) is 6.08 Å². The summed E-state index contributed by atoms with van der Waals surface area (Å²) < 4.78 is 35.6. The largest absolute Gasteiger partial charge is 0.454 e. The number of hydrogen-bond donors (Lipinski definition) is 1. The fourth-order valence-electron chi connectivity index (χ4n) is 1.86. The molecular weight excluding hydrogens is 294 g/mol. The maximum absolute atomic E-state index is 11.6. The lowest BCUT2D eigenvalue weighted by atomic mass is 10.2. The van der Waals surface area contributed by atoms with Gasteiger partial charge < -0.3 is 9.47 Å². The molecular formula is C14H17NO5S. The summed E-state index contributed by atoms with van der Waals surface area (Å²) >= 11 is 0. The molecule has 0 radical (unpaired) electrons. The lowest BCUT2D eigenvalue weighted by molar-refractivity contribution is -0.114. The Labute approximate surface area is 123 Å². The van der Waals surface area contributed by atoms with Crippen LogP contribution in [0.4, 0.5) is 0 Å². The van der Waals surface area contributed by atoms with E-state index in [0.717, 1.165) is 5.56 Å². The third kappa shape index (κ3) is 4.49. The van der Waals surface area contributed by atoms with E-state index in [1.54, 1.807) is 32.0 Å². The SMILES string of the molecule is CC(C)CS(=O)(=O)NC(=O)/C=C/c1ccc2c(c1)OCO2. The lowest BCUT2D eigenvalue weighted by Gasteiger charge is -2.06. The number of carbonyl (C=O) groups excluding carboxylic acids is 1. The normalized spacial score (nSPS) is 13.9. The molecule has 21 heavy (non-hydrogen) atoms. The molecule has 1 heterocycles. The summed E-state index contributed by atoms with van der Waals surface area (Å²) in [6.45, 7) is 3.72. The van der Waals surface area contributed by atoms with Crippen LogP contribution in [0.15, 0.2) is 24.3 Å². The minimum absolute atomic E-state index is 0.0480. The number of carbonyl (C=O) groups is 1. The number of amides is 1. The average Bonchev–Trinajstić information content (AvgIpc) is 2.81. The number of nitrogens with one attached hydrogen (secondary N) is 1. The van der Waals surface area contributed by atoms with Gasteiger partial charge in [0.1, 0.15) is 0 Å². The molecule has 114 valence electrons. The summed E-state index contributed by atoms with van der Waals surface area (Å²) in [7, 11) is -3.59. The van der Waals surface area contributed by atoms with Gasteiger partial charge >= 0.3 is 0 Å². The van der Waals surface area contributed by atoms with E-state index in [-0.39, 0.29) is 18.5 Å². The van der Waals surface area contributed by atoms with Crippen LogP contribution in [0.3, 0.4) is 0 Å². The van der Waals surface area contributed by atoms with Crippen LogP contribution in [-0.2, 0) is 14.8 Å². The molecule has 0 fully saturated rings. The third-order valence-corrected chi connectivity index (χ3v) is 4.25. The van der Waals surface area contributed by atoms with Crippen molar-refractivity contribution in [3.63, 3.8) is 0 Å². The van der Waals surface area contributed by atoms with Crippen LogP contribution in [0, 0.1) is 5.92 Å². The number of fused-ring (bicyclic) bond motifs is 1. The average molecular weight is 311 g/mol. The zero-order valence-corrected chi connectivity index (χ0v) is 12.6. The zero-order valence-electron chi connectivity index (χ0n) is 11.8. The van der Waals surface area contributed by atoms with Crippen molar-refractivity contribution in [2.75, 3.05) is 12.5 Å². The van der Waals surface area contributed by atoms with Crippen LogP contribution < -0.4 is 14.2 Å². The molecule has 0 bridgehead atoms. The van der Waals surface area contributed by atoms with Crippen molar-refractivity contribution in [2.45, 2.75) is 13.8 Å². The van der Waals surface area contributed by atoms with E-state index in [1.807, 2.05) is 4.72 Å². The molecule has 0 saturated carbocycles. The standard InChI is InChI=1S/C14H17NO5S/c1-10(2)8-21(17,18)15-14(16)6-4-11-3-5-12-13(7-11)20-9-19-12/h3-7,10H,8-9H2,1-2H3,(H,15,16)/b6-4+. The second-order valence-electron chi connectivity index (χ2n) is 5.09. The molecule has 0 aliphatic carbocycles. The summed E-state index contributed by atoms with van der Waals surface area (Å²) in [4.78, 5) is 11.6. The van der Waals surface area contributed by atoms with Gasteiger partial charge in [0.05, 0.1) is 5.75 Å². The van der Waals surface area contributed by atoms with Gasteiger partial charge in [-0.2, -0.15) is 0 Å². The maximum Gasteiger partial charge on any atom is 0.257 e. The van der Waals surface area contributed by atoms with Crippen molar-refractivity contribution in [3.05, 3.63) is 29.8 Å². The molecule has 1 N–H and O–H groups in total. The van der Waals surface area contributed by atoms with Gasteiger partial charge in [0.15, 0.2) is 11.5 Å². The Bertz CT molecular complexity index is 664. The van der Waals surface area contributed by atoms with Gasteiger partial charge in [-0.05, 0) is 29.7 Å². The molecule has 2 rings (SSSR count). The van der Waals surface area contributed by atoms with Gasteiger partial charge in [0, 0.05) is 6.08 Å². The van der Waals surface area contributed by atoms with E-state index in [1.165, 1.54) is 12.2 Å². The van der Waals surface area contributed by atoms with Gasteiger partial charge in [-0.1, -0.05) is 19.9 Å². The third-order valence-electron chi connectivity index (χ3n) is 2.63. The van der Waals surface area contributed by atoms with Gasteiger partial charge in [0.25, 0.3) is 5.91 Å². The number of sulfonamides is 1. The van der Waals surface area contributed by atoms with Crippen molar-refractivity contribution in [2.24, 2.45) is 5.92 Å². The van der Waals surface area contributed by atoms with Crippen molar-refractivity contribution in [1.29, 1.82) is 0 Å². The first kappa shape index (κ1) is 15.4. The summed E-state index contributed by atoms with van der Waals surface area (Å²) in [5.41, 5.74) is 0.718. The summed E-state index contributed by atoms with van der Waals surface area (Å²) in [5.74, 6) is 0.443. The Morgan fingerprint density at radius 1 is 1.33 bits per heavy atom. The fourth-order valence-corrected chi connectivity index (χ4v) is 3.19. The molecule has 0 unspecified atom stereocenters. The molecule has 0 saturated heterocycles. The Kier molecular flexibility index (Phi) is 4.52. The molecule has 7 heteroatoms. The summed E-state index contributed by atoms with van der Waals surface area (Å²) in [6.07, 6.45) is 2.69. The molecule has 6 nitrogen and oxygen atoms in total. The van der Waals surface area contributed by atoms with Crippen LogP contribution in [0.5, 0.6) is 11.5 Å². The first-order valence-electron chi connectivity index (χ1n) is 6.48. The second kappa shape index (κ2) is 6.17. The van der Waals surface area contributed by atoms with Crippen molar-refractivity contribution in [1.82, 2.24) is 4.72 Å². The highest BCUT2D eigenvalue weighted by Gasteiger charge is 2.15. The van der Waals surface area contributed by atoms with Crippen LogP contribution in [0.1, 0.15) is 19.4 Å². The molecule has 0 aromatic heterocycles. The first-order chi connectivity index (χ1) is 9.85. The van der Waals surface area contributed by atoms with E-state index >= 15 is 0 Å². The number of rotatable bonds is 5. The highest BCUT2D eigenvalue weighted by Crippen LogP contribution is 2.32. The Hall–Kier alpha value is -2.02. The molecule has 1 aromatic carbocycles. The highest BCUT2D eigenvalue weighted by atomic mass is 32.2. The van der Waals surface area contributed by atoms with Crippen LogP contribution >= 0.6 is 0 Å². The van der Waals surface area contributed by atoms with E-state index in [2.05, 4.69) is 0 Å². The molecule has 1 aliphatic heterocycles. The maximum atomic E-state index is 11.6. The fraction of sp³-hybridized carbons (Fsp3) is 0.357. The lowest BCUT2D eigenvalue weighted by Crippen LogP contribution is -2.32. The van der Waals surface area contributed by atoms with Gasteiger partial charge in [-0.3, -0.25) is 4.79 Å². The predicted octanol–water partition coefficient (Wildman–Crippen LogP) is 1.53. The van der Waals surface area contributed by atoms with E-state index < -0.39 is 15.9 Å². The monoisotopic (exact) mass is 311 g/mol.